The van der Waals surface area contributed by atoms with Gasteiger partial charge in [0.1, 0.15) is 11.6 Å². The molecule has 0 aliphatic heterocycles. The van der Waals surface area contributed by atoms with Crippen LogP contribution < -0.4 is 10.5 Å². The number of nitrogens with two attached hydrogens (primary N) is 1. The third kappa shape index (κ3) is 2.70. The van der Waals surface area contributed by atoms with E-state index in [0.29, 0.717) is 0 Å². The van der Waals surface area contributed by atoms with Gasteiger partial charge in [-0.2, -0.15) is 0 Å². The van der Waals surface area contributed by atoms with Crippen LogP contribution in [0.25, 0.3) is 22.4 Å². The molecular weight excluding hydrogens is 274 g/mol. The first-order valence-corrected chi connectivity index (χ1v) is 7.58. The molecule has 0 amide bonds. The summed E-state index contributed by atoms with van der Waals surface area (Å²) in [6, 6.07) is 16.3. The number of para-hydroxylation sites is 2. The number of hydrogen-bond donors (Lipinski definition) is 1. The Bertz CT molecular complexity index is 762. The maximum Gasteiger partial charge on any atom is 0.141 e. The Morgan fingerprint density at radius 3 is 2.55 bits per heavy atom. The molecule has 1 heterocycles. The number of methoxy groups -OCH3 is 1. The van der Waals surface area contributed by atoms with Crippen molar-refractivity contribution in [3.63, 3.8) is 0 Å². The zero-order valence-electron chi connectivity index (χ0n) is 13.0. The highest BCUT2D eigenvalue weighted by Gasteiger charge is 2.14. The average molecular weight is 295 g/mol. The van der Waals surface area contributed by atoms with Gasteiger partial charge in [-0.3, -0.25) is 0 Å². The van der Waals surface area contributed by atoms with Gasteiger partial charge in [-0.25, -0.2) is 4.98 Å². The molecule has 0 saturated carbocycles. The number of imidazole rings is 1. The van der Waals surface area contributed by atoms with Crippen LogP contribution in [0.3, 0.4) is 0 Å². The number of ether oxygens (including phenoxy) is 1. The van der Waals surface area contributed by atoms with E-state index in [-0.39, 0.29) is 6.04 Å². The minimum absolute atomic E-state index is 0.120. The summed E-state index contributed by atoms with van der Waals surface area (Å²) < 4.78 is 7.44. The standard InChI is InChI=1S/C18H21N3O/c1-3-14(19)12-21-17-7-5-4-6-16(17)20-18(21)13-8-10-15(22-2)11-9-13/h4-11,14H,3,12,19H2,1-2H3. The van der Waals surface area contributed by atoms with Crippen molar-refractivity contribution in [1.29, 1.82) is 0 Å². The number of aromatic nitrogens is 2. The molecule has 0 spiro atoms. The summed E-state index contributed by atoms with van der Waals surface area (Å²) in [5.74, 6) is 1.80. The van der Waals surface area contributed by atoms with E-state index >= 15 is 0 Å². The van der Waals surface area contributed by atoms with E-state index in [4.69, 9.17) is 15.5 Å². The van der Waals surface area contributed by atoms with Gasteiger partial charge in [-0.1, -0.05) is 19.1 Å². The summed E-state index contributed by atoms with van der Waals surface area (Å²) in [4.78, 5) is 4.79. The Labute approximate surface area is 130 Å². The van der Waals surface area contributed by atoms with Gasteiger partial charge in [0.15, 0.2) is 0 Å². The second-order valence-corrected chi connectivity index (χ2v) is 5.43. The van der Waals surface area contributed by atoms with Gasteiger partial charge in [-0.05, 0) is 42.8 Å². The summed E-state index contributed by atoms with van der Waals surface area (Å²) in [6.45, 7) is 2.87. The van der Waals surface area contributed by atoms with Crippen LogP contribution in [0.1, 0.15) is 13.3 Å². The smallest absolute Gasteiger partial charge is 0.141 e. The first-order valence-electron chi connectivity index (χ1n) is 7.58. The van der Waals surface area contributed by atoms with E-state index in [1.54, 1.807) is 7.11 Å². The quantitative estimate of drug-likeness (QED) is 0.784. The highest BCUT2D eigenvalue weighted by Crippen LogP contribution is 2.26. The third-order valence-corrected chi connectivity index (χ3v) is 3.94. The molecule has 0 bridgehead atoms. The normalized spacial score (nSPS) is 12.5. The first kappa shape index (κ1) is 14.6. The molecule has 22 heavy (non-hydrogen) atoms. The minimum atomic E-state index is 0.120. The predicted molar refractivity (Wildman–Crippen MR) is 90.0 cm³/mol. The van der Waals surface area contributed by atoms with Crippen LogP contribution in [-0.4, -0.2) is 22.7 Å². The highest BCUT2D eigenvalue weighted by molar-refractivity contribution is 5.80. The Kier molecular flexibility index (Phi) is 4.11. The molecule has 0 radical (unpaired) electrons. The lowest BCUT2D eigenvalue weighted by atomic mass is 10.2. The van der Waals surface area contributed by atoms with Gasteiger partial charge in [-0.15, -0.1) is 0 Å². The Hall–Kier alpha value is -2.33. The van der Waals surface area contributed by atoms with Crippen LogP contribution in [0.5, 0.6) is 5.75 Å². The molecule has 1 unspecified atom stereocenters. The topological polar surface area (TPSA) is 53.1 Å². The average Bonchev–Trinajstić information content (AvgIpc) is 2.93. The van der Waals surface area contributed by atoms with E-state index in [1.165, 1.54) is 0 Å². The number of rotatable bonds is 5. The van der Waals surface area contributed by atoms with Gasteiger partial charge in [0, 0.05) is 18.2 Å². The molecule has 0 aliphatic carbocycles. The largest absolute Gasteiger partial charge is 0.497 e. The monoisotopic (exact) mass is 295 g/mol. The van der Waals surface area contributed by atoms with Gasteiger partial charge in [0.05, 0.1) is 18.1 Å². The van der Waals surface area contributed by atoms with Crippen molar-refractivity contribution in [3.05, 3.63) is 48.5 Å². The molecule has 0 saturated heterocycles. The molecule has 3 rings (SSSR count). The van der Waals surface area contributed by atoms with E-state index in [1.807, 2.05) is 42.5 Å². The fourth-order valence-corrected chi connectivity index (χ4v) is 2.58. The van der Waals surface area contributed by atoms with Crippen LogP contribution in [0.2, 0.25) is 0 Å². The molecule has 2 aromatic carbocycles. The van der Waals surface area contributed by atoms with Crippen molar-refractivity contribution in [1.82, 2.24) is 9.55 Å². The molecule has 114 valence electrons. The third-order valence-electron chi connectivity index (χ3n) is 3.94. The summed E-state index contributed by atoms with van der Waals surface area (Å²) in [5.41, 5.74) is 9.37. The van der Waals surface area contributed by atoms with Crippen molar-refractivity contribution >= 4 is 11.0 Å². The van der Waals surface area contributed by atoms with Crippen molar-refractivity contribution < 1.29 is 4.74 Å². The minimum Gasteiger partial charge on any atom is -0.497 e. The van der Waals surface area contributed by atoms with E-state index in [2.05, 4.69) is 17.6 Å². The van der Waals surface area contributed by atoms with Gasteiger partial charge in [0.2, 0.25) is 0 Å². The highest BCUT2D eigenvalue weighted by atomic mass is 16.5. The Morgan fingerprint density at radius 2 is 1.86 bits per heavy atom. The maximum absolute atomic E-state index is 6.18. The van der Waals surface area contributed by atoms with Crippen LogP contribution >= 0.6 is 0 Å². The predicted octanol–water partition coefficient (Wildman–Crippen LogP) is 3.45. The van der Waals surface area contributed by atoms with Crippen LogP contribution in [0.4, 0.5) is 0 Å². The lowest BCUT2D eigenvalue weighted by Gasteiger charge is -2.14. The van der Waals surface area contributed by atoms with Crippen LogP contribution in [0, 0.1) is 0 Å². The summed E-state index contributed by atoms with van der Waals surface area (Å²) >= 11 is 0. The lowest BCUT2D eigenvalue weighted by Crippen LogP contribution is -2.25. The number of fused-ring (bicyclic) bond motifs is 1. The second kappa shape index (κ2) is 6.20. The van der Waals surface area contributed by atoms with E-state index < -0.39 is 0 Å². The molecule has 3 aromatic rings. The lowest BCUT2D eigenvalue weighted by molar-refractivity contribution is 0.415. The first-order chi connectivity index (χ1) is 10.7. The molecular formula is C18H21N3O. The Morgan fingerprint density at radius 1 is 1.14 bits per heavy atom. The maximum atomic E-state index is 6.18. The summed E-state index contributed by atoms with van der Waals surface area (Å²) in [5, 5.41) is 0. The van der Waals surface area contributed by atoms with Crippen LogP contribution in [0.15, 0.2) is 48.5 Å². The fraction of sp³-hybridized carbons (Fsp3) is 0.278. The van der Waals surface area contributed by atoms with Gasteiger partial charge < -0.3 is 15.0 Å². The SMILES string of the molecule is CCC(N)Cn1c(-c2ccc(OC)cc2)nc2ccccc21. The number of nitrogens with zero attached hydrogens (tertiary/aromatic N) is 2. The molecule has 1 atom stereocenters. The van der Waals surface area contributed by atoms with E-state index in [0.717, 1.165) is 41.1 Å². The van der Waals surface area contributed by atoms with Gasteiger partial charge in [0.25, 0.3) is 0 Å². The number of hydrogen-bond acceptors (Lipinski definition) is 3. The van der Waals surface area contributed by atoms with Crippen molar-refractivity contribution in [2.24, 2.45) is 5.73 Å². The molecule has 4 heteroatoms. The molecule has 1 aromatic heterocycles. The second-order valence-electron chi connectivity index (χ2n) is 5.43. The summed E-state index contributed by atoms with van der Waals surface area (Å²) in [6.07, 6.45) is 0.939. The Balaban J connectivity index is 2.12. The number of benzene rings is 2. The zero-order valence-corrected chi connectivity index (χ0v) is 13.0. The molecule has 0 fully saturated rings. The van der Waals surface area contributed by atoms with Crippen molar-refractivity contribution in [2.75, 3.05) is 7.11 Å². The fourth-order valence-electron chi connectivity index (χ4n) is 2.58. The van der Waals surface area contributed by atoms with Crippen molar-refractivity contribution in [2.45, 2.75) is 25.9 Å². The van der Waals surface area contributed by atoms with Crippen molar-refractivity contribution in [3.8, 4) is 17.1 Å². The van der Waals surface area contributed by atoms with E-state index in [9.17, 15) is 0 Å². The van der Waals surface area contributed by atoms with Gasteiger partial charge >= 0.3 is 0 Å². The molecule has 0 aliphatic rings. The zero-order chi connectivity index (χ0) is 15.5. The molecule has 4 nitrogen and oxygen atoms in total. The molecule has 2 N–H and O–H groups in total. The summed E-state index contributed by atoms with van der Waals surface area (Å²) in [7, 11) is 1.67. The van der Waals surface area contributed by atoms with Crippen LogP contribution in [-0.2, 0) is 6.54 Å².